The Morgan fingerprint density at radius 2 is 2.40 bits per heavy atom. The van der Waals surface area contributed by atoms with Crippen LogP contribution in [0.5, 0.6) is 0 Å². The molecule has 0 aliphatic rings. The molecule has 0 aromatic carbocycles. The van der Waals surface area contributed by atoms with Gasteiger partial charge in [0.05, 0.1) is 0 Å². The molecule has 0 aliphatic heterocycles. The predicted octanol–water partition coefficient (Wildman–Crippen LogP) is 0.461. The van der Waals surface area contributed by atoms with Crippen LogP contribution in [0.3, 0.4) is 0 Å². The van der Waals surface area contributed by atoms with Crippen molar-refractivity contribution in [2.45, 2.75) is 0 Å². The molecule has 6 nitrogen and oxygen atoms in total. The topological polar surface area (TPSA) is 80.9 Å². The predicted molar refractivity (Wildman–Crippen MR) is 53.0 cm³/mol. The Hall–Kier alpha value is -2.24. The van der Waals surface area contributed by atoms with Crippen molar-refractivity contribution in [3.63, 3.8) is 0 Å². The second-order valence-corrected chi connectivity index (χ2v) is 3.00. The fourth-order valence-electron chi connectivity index (χ4n) is 1.20. The van der Waals surface area contributed by atoms with E-state index in [1.54, 1.807) is 24.0 Å². The van der Waals surface area contributed by atoms with Gasteiger partial charge in [-0.25, -0.2) is 14.5 Å². The standard InChI is InChI=1S/C9H8N4O2/c1-13-9-7(11-12-13)4-6(5-10-9)2-3-8(14)15/h2-5H,1H3,(H,14,15)/b3-2+. The van der Waals surface area contributed by atoms with E-state index < -0.39 is 5.97 Å². The van der Waals surface area contributed by atoms with Gasteiger partial charge < -0.3 is 5.11 Å². The van der Waals surface area contributed by atoms with Crippen molar-refractivity contribution in [1.82, 2.24) is 20.0 Å². The molecule has 0 bridgehead atoms. The number of aryl methyl sites for hydroxylation is 1. The maximum Gasteiger partial charge on any atom is 0.328 e. The molecule has 2 aromatic rings. The van der Waals surface area contributed by atoms with Gasteiger partial charge in [-0.05, 0) is 17.7 Å². The Morgan fingerprint density at radius 1 is 1.60 bits per heavy atom. The van der Waals surface area contributed by atoms with Gasteiger partial charge in [0.2, 0.25) is 0 Å². The Balaban J connectivity index is 2.43. The summed E-state index contributed by atoms with van der Waals surface area (Å²) in [4.78, 5) is 14.4. The number of aromatic nitrogens is 4. The minimum absolute atomic E-state index is 0.644. The zero-order valence-corrected chi connectivity index (χ0v) is 7.95. The average molecular weight is 204 g/mol. The van der Waals surface area contributed by atoms with E-state index in [0.29, 0.717) is 16.7 Å². The molecular formula is C9H8N4O2. The van der Waals surface area contributed by atoms with E-state index in [9.17, 15) is 4.79 Å². The Kier molecular flexibility index (Phi) is 2.17. The molecule has 6 heteroatoms. The minimum atomic E-state index is -0.991. The number of pyridine rings is 1. The lowest BCUT2D eigenvalue weighted by atomic mass is 10.2. The number of carboxylic acid groups (broad SMARTS) is 1. The van der Waals surface area contributed by atoms with Crippen LogP contribution >= 0.6 is 0 Å². The van der Waals surface area contributed by atoms with E-state index in [4.69, 9.17) is 5.11 Å². The lowest BCUT2D eigenvalue weighted by Crippen LogP contribution is -1.91. The third-order valence-corrected chi connectivity index (χ3v) is 1.88. The van der Waals surface area contributed by atoms with Crippen molar-refractivity contribution in [3.05, 3.63) is 23.9 Å². The number of fused-ring (bicyclic) bond motifs is 1. The van der Waals surface area contributed by atoms with Crippen LogP contribution in [-0.2, 0) is 11.8 Å². The molecule has 0 amide bonds. The summed E-state index contributed by atoms with van der Waals surface area (Å²) in [6, 6.07) is 1.73. The highest BCUT2D eigenvalue weighted by Crippen LogP contribution is 2.10. The quantitative estimate of drug-likeness (QED) is 0.719. The highest BCUT2D eigenvalue weighted by Gasteiger charge is 2.02. The average Bonchev–Trinajstić information content (AvgIpc) is 2.57. The summed E-state index contributed by atoms with van der Waals surface area (Å²) in [5.74, 6) is -0.991. The van der Waals surface area contributed by atoms with Crippen LogP contribution in [0.15, 0.2) is 18.3 Å². The largest absolute Gasteiger partial charge is 0.478 e. The fraction of sp³-hybridized carbons (Fsp3) is 0.111. The van der Waals surface area contributed by atoms with Crippen molar-refractivity contribution >= 4 is 23.2 Å². The summed E-state index contributed by atoms with van der Waals surface area (Å²) < 4.78 is 1.56. The highest BCUT2D eigenvalue weighted by molar-refractivity contribution is 5.86. The van der Waals surface area contributed by atoms with Crippen LogP contribution in [-0.4, -0.2) is 31.1 Å². The molecule has 0 saturated carbocycles. The number of rotatable bonds is 2. The van der Waals surface area contributed by atoms with Crippen LogP contribution < -0.4 is 0 Å². The monoisotopic (exact) mass is 204 g/mol. The van der Waals surface area contributed by atoms with E-state index in [1.165, 1.54) is 6.08 Å². The Labute approximate surface area is 84.9 Å². The van der Waals surface area contributed by atoms with Gasteiger partial charge >= 0.3 is 5.97 Å². The molecule has 0 atom stereocenters. The smallest absolute Gasteiger partial charge is 0.328 e. The van der Waals surface area contributed by atoms with Gasteiger partial charge in [-0.2, -0.15) is 0 Å². The van der Waals surface area contributed by atoms with Crippen molar-refractivity contribution < 1.29 is 9.90 Å². The third-order valence-electron chi connectivity index (χ3n) is 1.88. The molecule has 0 spiro atoms. The van der Waals surface area contributed by atoms with Gasteiger partial charge in [-0.15, -0.1) is 5.10 Å². The second-order valence-electron chi connectivity index (χ2n) is 3.00. The van der Waals surface area contributed by atoms with Crippen LogP contribution in [0.25, 0.3) is 17.2 Å². The first-order chi connectivity index (χ1) is 7.16. The van der Waals surface area contributed by atoms with E-state index in [1.807, 2.05) is 0 Å². The lowest BCUT2D eigenvalue weighted by Gasteiger charge is -1.92. The number of hydrogen-bond donors (Lipinski definition) is 1. The number of aliphatic carboxylic acids is 1. The molecule has 0 saturated heterocycles. The number of carboxylic acids is 1. The van der Waals surface area contributed by atoms with E-state index in [0.717, 1.165) is 6.08 Å². The zero-order valence-electron chi connectivity index (χ0n) is 7.95. The summed E-state index contributed by atoms with van der Waals surface area (Å²) in [6.45, 7) is 0. The van der Waals surface area contributed by atoms with Gasteiger partial charge in [-0.1, -0.05) is 5.21 Å². The molecular weight excluding hydrogens is 196 g/mol. The zero-order chi connectivity index (χ0) is 10.8. The minimum Gasteiger partial charge on any atom is -0.478 e. The van der Waals surface area contributed by atoms with Crippen LogP contribution in [0.1, 0.15) is 5.56 Å². The SMILES string of the molecule is Cn1nnc2cc(/C=C/C(=O)O)cnc21. The van der Waals surface area contributed by atoms with E-state index in [-0.39, 0.29) is 0 Å². The Bertz CT molecular complexity index is 544. The number of nitrogens with zero attached hydrogens (tertiary/aromatic N) is 4. The molecule has 15 heavy (non-hydrogen) atoms. The molecule has 2 heterocycles. The van der Waals surface area contributed by atoms with Crippen LogP contribution in [0, 0.1) is 0 Å². The first-order valence-corrected chi connectivity index (χ1v) is 4.23. The second kappa shape index (κ2) is 3.49. The summed E-state index contributed by atoms with van der Waals surface area (Å²) >= 11 is 0. The van der Waals surface area contributed by atoms with Gasteiger partial charge in [0.1, 0.15) is 5.52 Å². The molecule has 0 aliphatic carbocycles. The molecule has 1 N–H and O–H groups in total. The maximum atomic E-state index is 10.3. The van der Waals surface area contributed by atoms with Crippen molar-refractivity contribution in [3.8, 4) is 0 Å². The maximum absolute atomic E-state index is 10.3. The number of carbonyl (C=O) groups is 1. The van der Waals surface area contributed by atoms with Crippen molar-refractivity contribution in [1.29, 1.82) is 0 Å². The van der Waals surface area contributed by atoms with Gasteiger partial charge in [0.15, 0.2) is 5.65 Å². The molecule has 0 fully saturated rings. The van der Waals surface area contributed by atoms with Crippen LogP contribution in [0.4, 0.5) is 0 Å². The molecule has 2 aromatic heterocycles. The summed E-state index contributed by atoms with van der Waals surface area (Å²) in [5, 5.41) is 16.1. The first kappa shape index (κ1) is 9.32. The summed E-state index contributed by atoms with van der Waals surface area (Å²) in [5.41, 5.74) is 2.00. The van der Waals surface area contributed by atoms with E-state index >= 15 is 0 Å². The van der Waals surface area contributed by atoms with E-state index in [2.05, 4.69) is 15.3 Å². The molecule has 76 valence electrons. The lowest BCUT2D eigenvalue weighted by molar-refractivity contribution is -0.131. The van der Waals surface area contributed by atoms with Crippen molar-refractivity contribution in [2.75, 3.05) is 0 Å². The fourth-order valence-corrected chi connectivity index (χ4v) is 1.20. The third kappa shape index (κ3) is 1.83. The summed E-state index contributed by atoms with van der Waals surface area (Å²) in [6.07, 6.45) is 4.09. The first-order valence-electron chi connectivity index (χ1n) is 4.23. The van der Waals surface area contributed by atoms with Gasteiger partial charge in [0, 0.05) is 19.3 Å². The Morgan fingerprint density at radius 3 is 3.13 bits per heavy atom. The molecule has 0 unspecified atom stereocenters. The molecule has 0 radical (unpaired) electrons. The molecule has 2 rings (SSSR count). The normalized spacial score (nSPS) is 11.3. The van der Waals surface area contributed by atoms with Gasteiger partial charge in [0.25, 0.3) is 0 Å². The summed E-state index contributed by atoms with van der Waals surface area (Å²) in [7, 11) is 1.75. The number of hydrogen-bond acceptors (Lipinski definition) is 4. The van der Waals surface area contributed by atoms with Gasteiger partial charge in [-0.3, -0.25) is 0 Å². The van der Waals surface area contributed by atoms with Crippen LogP contribution in [0.2, 0.25) is 0 Å². The van der Waals surface area contributed by atoms with Crippen molar-refractivity contribution in [2.24, 2.45) is 7.05 Å². The highest BCUT2D eigenvalue weighted by atomic mass is 16.4.